The van der Waals surface area contributed by atoms with Crippen LogP contribution in [0.3, 0.4) is 0 Å². The number of hydrogen-bond donors (Lipinski definition) is 1. The Balaban J connectivity index is 1.56. The molecule has 1 N–H and O–H groups in total. The zero-order valence-electron chi connectivity index (χ0n) is 22.3. The van der Waals surface area contributed by atoms with E-state index in [1.165, 1.54) is 33.6 Å². The molecular formula is C31H29N3O3S2. The highest BCUT2D eigenvalue weighted by Crippen LogP contribution is 2.44. The van der Waals surface area contributed by atoms with Gasteiger partial charge in [0.05, 0.1) is 11.6 Å². The Morgan fingerprint density at radius 2 is 1.59 bits per heavy atom. The Morgan fingerprint density at radius 3 is 2.28 bits per heavy atom. The standard InChI is InChI=1S/C31H29N3O3S2/c1-5-21-12-14-23(15-13-21)26-25(27(35)24-16-19(3)6-9-20(24)4)28(36)29(37)34(26)30-32-33-31(39-30)38-17-22-10-7-18(2)8-11-22/h6-16,26,35H,5,17H2,1-4H3/b27-25+. The molecule has 1 atom stereocenters. The van der Waals surface area contributed by atoms with Gasteiger partial charge in [-0.1, -0.05) is 102 Å². The summed E-state index contributed by atoms with van der Waals surface area (Å²) in [5.41, 5.74) is 6.57. The third-order valence-corrected chi connectivity index (χ3v) is 9.01. The molecule has 5 rings (SSSR count). The zero-order chi connectivity index (χ0) is 27.7. The van der Waals surface area contributed by atoms with E-state index in [4.69, 9.17) is 0 Å². The second kappa shape index (κ2) is 11.2. The lowest BCUT2D eigenvalue weighted by Crippen LogP contribution is -2.29. The van der Waals surface area contributed by atoms with E-state index in [2.05, 4.69) is 48.3 Å². The SMILES string of the molecule is CCc1ccc(C2/C(=C(\O)c3cc(C)ccc3C)C(=O)C(=O)N2c2nnc(SCc3ccc(C)cc3)s2)cc1. The van der Waals surface area contributed by atoms with Gasteiger partial charge in [-0.05, 0) is 55.5 Å². The lowest BCUT2D eigenvalue weighted by atomic mass is 9.93. The number of Topliss-reactive ketones (excluding diaryl/α,β-unsaturated/α-hetero) is 1. The van der Waals surface area contributed by atoms with Gasteiger partial charge < -0.3 is 5.11 Å². The molecule has 4 aromatic rings. The van der Waals surface area contributed by atoms with Gasteiger partial charge in [0.1, 0.15) is 5.76 Å². The molecule has 1 aliphatic rings. The van der Waals surface area contributed by atoms with Crippen LogP contribution in [0.5, 0.6) is 0 Å². The molecule has 0 spiro atoms. The number of amides is 1. The molecule has 0 bridgehead atoms. The van der Waals surface area contributed by atoms with Gasteiger partial charge in [0, 0.05) is 11.3 Å². The lowest BCUT2D eigenvalue weighted by Gasteiger charge is -2.23. The van der Waals surface area contributed by atoms with Crippen molar-refractivity contribution in [3.63, 3.8) is 0 Å². The number of nitrogens with zero attached hydrogens (tertiary/aromatic N) is 3. The molecule has 39 heavy (non-hydrogen) atoms. The molecule has 3 aromatic carbocycles. The number of aliphatic hydroxyl groups is 1. The van der Waals surface area contributed by atoms with Crippen LogP contribution in [0.1, 0.15) is 51.9 Å². The van der Waals surface area contributed by atoms with Gasteiger partial charge in [-0.2, -0.15) is 0 Å². The topological polar surface area (TPSA) is 83.4 Å². The fourth-order valence-corrected chi connectivity index (χ4v) is 6.43. The molecule has 1 aromatic heterocycles. The molecule has 0 saturated carbocycles. The number of hydrogen-bond acceptors (Lipinski definition) is 7. The van der Waals surface area contributed by atoms with Crippen molar-refractivity contribution in [3.05, 3.63) is 111 Å². The number of benzene rings is 3. The maximum Gasteiger partial charge on any atom is 0.301 e. The van der Waals surface area contributed by atoms with Crippen molar-refractivity contribution in [1.29, 1.82) is 0 Å². The molecule has 6 nitrogen and oxygen atoms in total. The summed E-state index contributed by atoms with van der Waals surface area (Å²) in [6, 6.07) is 20.9. The van der Waals surface area contributed by atoms with E-state index in [-0.39, 0.29) is 11.3 Å². The number of rotatable bonds is 7. The van der Waals surface area contributed by atoms with E-state index in [1.54, 1.807) is 0 Å². The molecule has 198 valence electrons. The summed E-state index contributed by atoms with van der Waals surface area (Å²) in [5, 5.41) is 20.4. The number of ketones is 1. The molecule has 1 aliphatic heterocycles. The monoisotopic (exact) mass is 555 g/mol. The third kappa shape index (κ3) is 5.40. The Morgan fingerprint density at radius 1 is 0.923 bits per heavy atom. The number of anilines is 1. The quantitative estimate of drug-likeness (QED) is 0.0874. The average molecular weight is 556 g/mol. The summed E-state index contributed by atoms with van der Waals surface area (Å²) in [4.78, 5) is 28.4. The highest BCUT2D eigenvalue weighted by atomic mass is 32.2. The fraction of sp³-hybridized carbons (Fsp3) is 0.226. The second-order valence-electron chi connectivity index (χ2n) is 9.71. The van der Waals surface area contributed by atoms with Crippen molar-refractivity contribution < 1.29 is 14.7 Å². The lowest BCUT2D eigenvalue weighted by molar-refractivity contribution is -0.132. The molecule has 1 saturated heterocycles. The van der Waals surface area contributed by atoms with Crippen molar-refractivity contribution in [1.82, 2.24) is 10.2 Å². The van der Waals surface area contributed by atoms with Crippen molar-refractivity contribution in [2.45, 2.75) is 50.3 Å². The molecule has 1 amide bonds. The summed E-state index contributed by atoms with van der Waals surface area (Å²) < 4.78 is 0.696. The average Bonchev–Trinajstić information content (AvgIpc) is 3.51. The normalized spacial score (nSPS) is 16.7. The highest BCUT2D eigenvalue weighted by molar-refractivity contribution is 8.00. The van der Waals surface area contributed by atoms with Crippen LogP contribution in [0.4, 0.5) is 5.13 Å². The van der Waals surface area contributed by atoms with E-state index in [0.29, 0.717) is 20.8 Å². The van der Waals surface area contributed by atoms with Crippen molar-refractivity contribution in [3.8, 4) is 0 Å². The number of aliphatic hydroxyl groups excluding tert-OH is 1. The van der Waals surface area contributed by atoms with Crippen LogP contribution in [0.25, 0.3) is 5.76 Å². The number of thioether (sulfide) groups is 1. The van der Waals surface area contributed by atoms with Crippen LogP contribution in [0.15, 0.2) is 76.6 Å². The Hall–Kier alpha value is -3.75. The Bertz CT molecular complexity index is 1570. The number of aryl methyl sites for hydroxylation is 4. The van der Waals surface area contributed by atoms with Crippen LogP contribution < -0.4 is 4.90 Å². The number of carbonyl (C=O) groups is 2. The van der Waals surface area contributed by atoms with Crippen molar-refractivity contribution in [2.24, 2.45) is 0 Å². The Labute approximate surface area is 236 Å². The van der Waals surface area contributed by atoms with E-state index in [1.807, 2.05) is 56.3 Å². The zero-order valence-corrected chi connectivity index (χ0v) is 23.9. The van der Waals surface area contributed by atoms with Gasteiger partial charge in [0.2, 0.25) is 5.13 Å². The first-order valence-corrected chi connectivity index (χ1v) is 14.6. The largest absolute Gasteiger partial charge is 0.507 e. The summed E-state index contributed by atoms with van der Waals surface area (Å²) in [5.74, 6) is -0.928. The van der Waals surface area contributed by atoms with E-state index in [0.717, 1.165) is 34.2 Å². The van der Waals surface area contributed by atoms with Gasteiger partial charge in [-0.25, -0.2) is 0 Å². The molecule has 1 fully saturated rings. The van der Waals surface area contributed by atoms with Gasteiger partial charge in [-0.15, -0.1) is 10.2 Å². The van der Waals surface area contributed by atoms with Crippen LogP contribution in [-0.2, 0) is 21.8 Å². The maximum absolute atomic E-state index is 13.5. The fourth-order valence-electron chi connectivity index (χ4n) is 4.60. The van der Waals surface area contributed by atoms with Gasteiger partial charge in [0.25, 0.3) is 5.78 Å². The van der Waals surface area contributed by atoms with Crippen molar-refractivity contribution >= 4 is 45.7 Å². The predicted molar refractivity (Wildman–Crippen MR) is 157 cm³/mol. The predicted octanol–water partition coefficient (Wildman–Crippen LogP) is 6.94. The first-order chi connectivity index (χ1) is 18.8. The summed E-state index contributed by atoms with van der Waals surface area (Å²) >= 11 is 2.80. The maximum atomic E-state index is 13.5. The Kier molecular flexibility index (Phi) is 7.68. The second-order valence-corrected chi connectivity index (χ2v) is 11.9. The number of aromatic nitrogens is 2. The smallest absolute Gasteiger partial charge is 0.301 e. The minimum Gasteiger partial charge on any atom is -0.507 e. The van der Waals surface area contributed by atoms with Gasteiger partial charge >= 0.3 is 5.91 Å². The summed E-state index contributed by atoms with van der Waals surface area (Å²) in [7, 11) is 0. The molecule has 0 radical (unpaired) electrons. The van der Waals surface area contributed by atoms with E-state index >= 15 is 0 Å². The first kappa shape index (κ1) is 26.8. The van der Waals surface area contributed by atoms with Crippen LogP contribution in [0.2, 0.25) is 0 Å². The van der Waals surface area contributed by atoms with Gasteiger partial charge in [0.15, 0.2) is 4.34 Å². The summed E-state index contributed by atoms with van der Waals surface area (Å²) in [6.07, 6.45) is 0.862. The van der Waals surface area contributed by atoms with Crippen LogP contribution in [0, 0.1) is 20.8 Å². The first-order valence-electron chi connectivity index (χ1n) is 12.8. The minimum absolute atomic E-state index is 0.0574. The minimum atomic E-state index is -0.821. The molecule has 8 heteroatoms. The molecule has 1 unspecified atom stereocenters. The molecule has 2 heterocycles. The van der Waals surface area contributed by atoms with Crippen LogP contribution in [-0.4, -0.2) is 27.0 Å². The highest BCUT2D eigenvalue weighted by Gasteiger charge is 2.48. The molecule has 0 aliphatic carbocycles. The van der Waals surface area contributed by atoms with Gasteiger partial charge in [-0.3, -0.25) is 14.5 Å². The van der Waals surface area contributed by atoms with E-state index in [9.17, 15) is 14.7 Å². The third-order valence-electron chi connectivity index (χ3n) is 6.88. The van der Waals surface area contributed by atoms with Crippen LogP contribution >= 0.6 is 23.1 Å². The number of carbonyl (C=O) groups excluding carboxylic acids is 2. The molecular weight excluding hydrogens is 526 g/mol. The van der Waals surface area contributed by atoms with E-state index < -0.39 is 17.7 Å². The van der Waals surface area contributed by atoms with Crippen molar-refractivity contribution in [2.75, 3.05) is 4.90 Å². The summed E-state index contributed by atoms with van der Waals surface area (Å²) in [6.45, 7) is 7.92.